The zero-order valence-corrected chi connectivity index (χ0v) is 26.5. The molecular formula is C35H67NO4. The van der Waals surface area contributed by atoms with Crippen molar-refractivity contribution in [3.8, 4) is 0 Å². The lowest BCUT2D eigenvalue weighted by Crippen LogP contribution is -2.45. The SMILES string of the molecule is CCCCCCCCC/C=C\CCCCCC(O)CC(=O)NC(CO)C(O)/C=C/CCCCCCCCCCC. The second-order valence-corrected chi connectivity index (χ2v) is 11.8. The second kappa shape index (κ2) is 30.8. The largest absolute Gasteiger partial charge is 0.394 e. The van der Waals surface area contributed by atoms with Gasteiger partial charge >= 0.3 is 0 Å². The summed E-state index contributed by atoms with van der Waals surface area (Å²) in [6.07, 6.45) is 34.4. The maximum Gasteiger partial charge on any atom is 0.222 e. The molecular weight excluding hydrogens is 498 g/mol. The predicted molar refractivity (Wildman–Crippen MR) is 171 cm³/mol. The molecule has 3 unspecified atom stereocenters. The quantitative estimate of drug-likeness (QED) is 0.0518. The van der Waals surface area contributed by atoms with Gasteiger partial charge in [0.25, 0.3) is 0 Å². The van der Waals surface area contributed by atoms with E-state index in [9.17, 15) is 20.1 Å². The van der Waals surface area contributed by atoms with Crippen LogP contribution in [0.15, 0.2) is 24.3 Å². The van der Waals surface area contributed by atoms with Gasteiger partial charge < -0.3 is 20.6 Å². The van der Waals surface area contributed by atoms with E-state index in [1.165, 1.54) is 103 Å². The molecule has 0 aliphatic heterocycles. The minimum absolute atomic E-state index is 0.00370. The molecule has 0 bridgehead atoms. The summed E-state index contributed by atoms with van der Waals surface area (Å²) in [5.74, 6) is -0.328. The van der Waals surface area contributed by atoms with E-state index in [0.29, 0.717) is 6.42 Å². The van der Waals surface area contributed by atoms with Crippen LogP contribution in [0.4, 0.5) is 0 Å². The maximum atomic E-state index is 12.3. The molecule has 0 fully saturated rings. The topological polar surface area (TPSA) is 89.8 Å². The average molecular weight is 566 g/mol. The van der Waals surface area contributed by atoms with Gasteiger partial charge in [0.05, 0.1) is 31.3 Å². The third-order valence-corrected chi connectivity index (χ3v) is 7.73. The van der Waals surface area contributed by atoms with E-state index in [2.05, 4.69) is 31.3 Å². The Balaban J connectivity index is 3.79. The third kappa shape index (κ3) is 27.0. The summed E-state index contributed by atoms with van der Waals surface area (Å²) in [5.41, 5.74) is 0. The molecule has 0 aromatic carbocycles. The monoisotopic (exact) mass is 566 g/mol. The molecule has 3 atom stereocenters. The fourth-order valence-electron chi connectivity index (χ4n) is 5.04. The minimum atomic E-state index is -0.927. The molecule has 0 aromatic heterocycles. The van der Waals surface area contributed by atoms with E-state index in [1.54, 1.807) is 6.08 Å². The fourth-order valence-corrected chi connectivity index (χ4v) is 5.04. The van der Waals surface area contributed by atoms with Crippen LogP contribution in [0.3, 0.4) is 0 Å². The molecule has 5 heteroatoms. The van der Waals surface area contributed by atoms with Gasteiger partial charge in [0.1, 0.15) is 0 Å². The molecule has 4 N–H and O–H groups in total. The van der Waals surface area contributed by atoms with Crippen molar-refractivity contribution in [2.45, 2.75) is 186 Å². The third-order valence-electron chi connectivity index (χ3n) is 7.73. The number of aliphatic hydroxyl groups excluding tert-OH is 3. The Morgan fingerprint density at radius 3 is 1.52 bits per heavy atom. The number of hydrogen-bond donors (Lipinski definition) is 4. The molecule has 0 aromatic rings. The van der Waals surface area contributed by atoms with Crippen molar-refractivity contribution >= 4 is 5.91 Å². The van der Waals surface area contributed by atoms with Crippen molar-refractivity contribution in [1.29, 1.82) is 0 Å². The summed E-state index contributed by atoms with van der Waals surface area (Å²) >= 11 is 0. The van der Waals surface area contributed by atoms with Crippen LogP contribution in [0.2, 0.25) is 0 Å². The van der Waals surface area contributed by atoms with Gasteiger partial charge in [-0.2, -0.15) is 0 Å². The number of aliphatic hydroxyl groups is 3. The first-order valence-electron chi connectivity index (χ1n) is 17.1. The van der Waals surface area contributed by atoms with Crippen molar-refractivity contribution in [1.82, 2.24) is 5.32 Å². The normalized spacial score (nSPS) is 14.2. The zero-order chi connectivity index (χ0) is 29.5. The highest BCUT2D eigenvalue weighted by molar-refractivity contribution is 5.76. The lowest BCUT2D eigenvalue weighted by Gasteiger charge is -2.21. The molecule has 0 spiro atoms. The lowest BCUT2D eigenvalue weighted by atomic mass is 10.0. The molecule has 0 aliphatic rings. The molecule has 5 nitrogen and oxygen atoms in total. The van der Waals surface area contributed by atoms with Gasteiger partial charge in [0, 0.05) is 0 Å². The van der Waals surface area contributed by atoms with E-state index in [0.717, 1.165) is 38.5 Å². The van der Waals surface area contributed by atoms with E-state index in [1.807, 2.05) is 6.08 Å². The van der Waals surface area contributed by atoms with Crippen LogP contribution < -0.4 is 5.32 Å². The standard InChI is InChI=1S/C35H67NO4/c1-3-5-7-9-11-13-15-16-17-19-20-22-24-26-28-32(38)30-35(40)36-33(31-37)34(39)29-27-25-23-21-18-14-12-10-8-6-4-2/h17,19,27,29,32-34,37-39H,3-16,18,20-26,28,30-31H2,1-2H3,(H,36,40)/b19-17-,29-27+. The molecule has 0 heterocycles. The Labute approximate surface area is 248 Å². The van der Waals surface area contributed by atoms with Crippen LogP contribution in [0.25, 0.3) is 0 Å². The Morgan fingerprint density at radius 2 is 1.05 bits per heavy atom. The van der Waals surface area contributed by atoms with Gasteiger partial charge in [0.15, 0.2) is 0 Å². The van der Waals surface area contributed by atoms with Gasteiger partial charge in [-0.05, 0) is 44.9 Å². The molecule has 0 rings (SSSR count). The van der Waals surface area contributed by atoms with Crippen molar-refractivity contribution in [2.75, 3.05) is 6.61 Å². The van der Waals surface area contributed by atoms with Crippen LogP contribution in [0.1, 0.15) is 168 Å². The smallest absolute Gasteiger partial charge is 0.222 e. The highest BCUT2D eigenvalue weighted by Crippen LogP contribution is 2.13. The summed E-state index contributed by atoms with van der Waals surface area (Å²) in [6.45, 7) is 4.16. The first kappa shape index (κ1) is 38.8. The minimum Gasteiger partial charge on any atom is -0.394 e. The number of hydrogen-bond acceptors (Lipinski definition) is 4. The number of allylic oxidation sites excluding steroid dienone is 3. The van der Waals surface area contributed by atoms with E-state index in [4.69, 9.17) is 0 Å². The maximum absolute atomic E-state index is 12.3. The molecule has 236 valence electrons. The van der Waals surface area contributed by atoms with Crippen LogP contribution >= 0.6 is 0 Å². The van der Waals surface area contributed by atoms with E-state index in [-0.39, 0.29) is 18.9 Å². The van der Waals surface area contributed by atoms with Crippen LogP contribution in [-0.4, -0.2) is 46.1 Å². The number of nitrogens with one attached hydrogen (secondary N) is 1. The molecule has 0 saturated carbocycles. The van der Waals surface area contributed by atoms with Crippen molar-refractivity contribution in [2.24, 2.45) is 0 Å². The summed E-state index contributed by atoms with van der Waals surface area (Å²) in [7, 11) is 0. The summed E-state index contributed by atoms with van der Waals surface area (Å²) in [6, 6.07) is -0.744. The first-order valence-corrected chi connectivity index (χ1v) is 17.1. The molecule has 0 saturated heterocycles. The average Bonchev–Trinajstić information content (AvgIpc) is 2.94. The number of amides is 1. The predicted octanol–water partition coefficient (Wildman–Crippen LogP) is 8.70. The molecule has 40 heavy (non-hydrogen) atoms. The van der Waals surface area contributed by atoms with Gasteiger partial charge in [-0.25, -0.2) is 0 Å². The number of unbranched alkanes of at least 4 members (excludes halogenated alkanes) is 19. The number of rotatable bonds is 30. The lowest BCUT2D eigenvalue weighted by molar-refractivity contribution is -0.124. The Kier molecular flexibility index (Phi) is 29.9. The molecule has 0 radical (unpaired) electrons. The summed E-state index contributed by atoms with van der Waals surface area (Å²) in [5, 5.41) is 32.9. The zero-order valence-electron chi connectivity index (χ0n) is 26.5. The van der Waals surface area contributed by atoms with Crippen molar-refractivity contribution in [3.63, 3.8) is 0 Å². The number of carbonyl (C=O) groups is 1. The number of carbonyl (C=O) groups excluding carboxylic acids is 1. The Hall–Kier alpha value is -1.17. The van der Waals surface area contributed by atoms with Gasteiger partial charge in [-0.15, -0.1) is 0 Å². The fraction of sp³-hybridized carbons (Fsp3) is 0.857. The molecule has 0 aliphatic carbocycles. The summed E-state index contributed by atoms with van der Waals surface area (Å²) < 4.78 is 0. The van der Waals surface area contributed by atoms with Crippen molar-refractivity contribution in [3.05, 3.63) is 24.3 Å². The van der Waals surface area contributed by atoms with Gasteiger partial charge in [0.2, 0.25) is 5.91 Å². The Bertz CT molecular complexity index is 592. The Morgan fingerprint density at radius 1 is 0.625 bits per heavy atom. The van der Waals surface area contributed by atoms with E-state index >= 15 is 0 Å². The van der Waals surface area contributed by atoms with Crippen LogP contribution in [-0.2, 0) is 4.79 Å². The van der Waals surface area contributed by atoms with Crippen LogP contribution in [0, 0.1) is 0 Å². The molecule has 1 amide bonds. The summed E-state index contributed by atoms with van der Waals surface area (Å²) in [4.78, 5) is 12.3. The van der Waals surface area contributed by atoms with Gasteiger partial charge in [-0.1, -0.05) is 141 Å². The van der Waals surface area contributed by atoms with Crippen molar-refractivity contribution < 1.29 is 20.1 Å². The highest BCUT2D eigenvalue weighted by atomic mass is 16.3. The second-order valence-electron chi connectivity index (χ2n) is 11.8. The van der Waals surface area contributed by atoms with Crippen LogP contribution in [0.5, 0.6) is 0 Å². The highest BCUT2D eigenvalue weighted by Gasteiger charge is 2.20. The van der Waals surface area contributed by atoms with E-state index < -0.39 is 18.2 Å². The van der Waals surface area contributed by atoms with Gasteiger partial charge in [-0.3, -0.25) is 4.79 Å². The first-order chi connectivity index (χ1) is 19.5.